The predicted octanol–water partition coefficient (Wildman–Crippen LogP) is 3.42. The average molecular weight is 323 g/mol. The molecule has 114 valence electrons. The zero-order valence-corrected chi connectivity index (χ0v) is 14.6. The summed E-state index contributed by atoms with van der Waals surface area (Å²) in [5.41, 5.74) is 2.43. The standard InChI is InChI=1S/C15H22N4S2/c1-5-16-15(19(4)9-13-6-7-20-10-13)17-8-14-18-11(2)12(3)21-14/h6-7,10H,5,8-9H2,1-4H3,(H,16,17). The van der Waals surface area contributed by atoms with Crippen LogP contribution in [0.4, 0.5) is 0 Å². The van der Waals surface area contributed by atoms with Gasteiger partial charge in [-0.15, -0.1) is 11.3 Å². The van der Waals surface area contributed by atoms with E-state index in [2.05, 4.69) is 52.9 Å². The van der Waals surface area contributed by atoms with E-state index in [4.69, 9.17) is 4.99 Å². The summed E-state index contributed by atoms with van der Waals surface area (Å²) in [5.74, 6) is 0.925. The fraction of sp³-hybridized carbons (Fsp3) is 0.467. The van der Waals surface area contributed by atoms with Crippen LogP contribution in [0.1, 0.15) is 28.1 Å². The van der Waals surface area contributed by atoms with Crippen LogP contribution in [0.2, 0.25) is 0 Å². The second-order valence-corrected chi connectivity index (χ2v) is 6.97. The zero-order chi connectivity index (χ0) is 15.2. The third kappa shape index (κ3) is 4.54. The molecule has 0 unspecified atom stereocenters. The summed E-state index contributed by atoms with van der Waals surface area (Å²) < 4.78 is 0. The lowest BCUT2D eigenvalue weighted by molar-refractivity contribution is 0.477. The molecule has 2 rings (SSSR count). The Morgan fingerprint density at radius 3 is 2.81 bits per heavy atom. The first-order valence-electron chi connectivity index (χ1n) is 7.03. The molecule has 0 bridgehead atoms. The summed E-state index contributed by atoms with van der Waals surface area (Å²) in [5, 5.41) is 8.70. The van der Waals surface area contributed by atoms with Gasteiger partial charge in [-0.2, -0.15) is 11.3 Å². The third-order valence-electron chi connectivity index (χ3n) is 3.13. The molecule has 0 aliphatic heterocycles. The van der Waals surface area contributed by atoms with Crippen LogP contribution in [0.15, 0.2) is 21.8 Å². The van der Waals surface area contributed by atoms with Gasteiger partial charge in [0.1, 0.15) is 5.01 Å². The molecule has 0 saturated heterocycles. The molecule has 6 heteroatoms. The van der Waals surface area contributed by atoms with Crippen molar-refractivity contribution >= 4 is 28.6 Å². The van der Waals surface area contributed by atoms with Crippen molar-refractivity contribution in [3.63, 3.8) is 0 Å². The molecule has 21 heavy (non-hydrogen) atoms. The number of nitrogens with one attached hydrogen (secondary N) is 1. The highest BCUT2D eigenvalue weighted by Gasteiger charge is 2.08. The van der Waals surface area contributed by atoms with Gasteiger partial charge < -0.3 is 10.2 Å². The van der Waals surface area contributed by atoms with Crippen molar-refractivity contribution in [3.05, 3.63) is 38.0 Å². The van der Waals surface area contributed by atoms with Gasteiger partial charge in [-0.05, 0) is 43.2 Å². The first kappa shape index (κ1) is 16.0. The number of aryl methyl sites for hydroxylation is 2. The SMILES string of the molecule is CCNC(=NCc1nc(C)c(C)s1)N(C)Cc1ccsc1. The van der Waals surface area contributed by atoms with Gasteiger partial charge in [-0.25, -0.2) is 9.98 Å². The molecule has 4 nitrogen and oxygen atoms in total. The minimum absolute atomic E-state index is 0.635. The van der Waals surface area contributed by atoms with E-state index >= 15 is 0 Å². The van der Waals surface area contributed by atoms with Crippen LogP contribution >= 0.6 is 22.7 Å². The van der Waals surface area contributed by atoms with Crippen LogP contribution in [-0.4, -0.2) is 29.4 Å². The number of thiophene rings is 1. The highest BCUT2D eigenvalue weighted by atomic mass is 32.1. The van der Waals surface area contributed by atoms with E-state index in [1.54, 1.807) is 22.7 Å². The average Bonchev–Trinajstić information content (AvgIpc) is 3.05. The van der Waals surface area contributed by atoms with Crippen LogP contribution in [0, 0.1) is 13.8 Å². The Kier molecular flexibility index (Phi) is 5.76. The monoisotopic (exact) mass is 322 g/mol. The van der Waals surface area contributed by atoms with E-state index in [-0.39, 0.29) is 0 Å². The summed E-state index contributed by atoms with van der Waals surface area (Å²) in [4.78, 5) is 12.7. The van der Waals surface area contributed by atoms with Crippen molar-refractivity contribution in [1.82, 2.24) is 15.2 Å². The summed E-state index contributed by atoms with van der Waals surface area (Å²) in [6.45, 7) is 8.61. The van der Waals surface area contributed by atoms with Gasteiger partial charge in [0.05, 0.1) is 12.2 Å². The second kappa shape index (κ2) is 7.56. The minimum atomic E-state index is 0.635. The van der Waals surface area contributed by atoms with Gasteiger partial charge in [-0.3, -0.25) is 0 Å². The number of nitrogens with zero attached hydrogens (tertiary/aromatic N) is 3. The van der Waals surface area contributed by atoms with Gasteiger partial charge in [0.25, 0.3) is 0 Å². The lowest BCUT2D eigenvalue weighted by Crippen LogP contribution is -2.38. The zero-order valence-electron chi connectivity index (χ0n) is 13.0. The molecule has 0 fully saturated rings. The number of rotatable bonds is 5. The minimum Gasteiger partial charge on any atom is -0.357 e. The first-order chi connectivity index (χ1) is 10.1. The molecule has 0 amide bonds. The van der Waals surface area contributed by atoms with Crippen molar-refractivity contribution in [3.8, 4) is 0 Å². The lowest BCUT2D eigenvalue weighted by Gasteiger charge is -2.21. The highest BCUT2D eigenvalue weighted by molar-refractivity contribution is 7.11. The van der Waals surface area contributed by atoms with Crippen molar-refractivity contribution < 1.29 is 0 Å². The molecule has 0 atom stereocenters. The number of thiazole rings is 1. The summed E-state index contributed by atoms with van der Waals surface area (Å²) in [6, 6.07) is 2.15. The van der Waals surface area contributed by atoms with Crippen molar-refractivity contribution in [1.29, 1.82) is 0 Å². The largest absolute Gasteiger partial charge is 0.357 e. The molecule has 2 aromatic heterocycles. The summed E-state index contributed by atoms with van der Waals surface area (Å²) in [6.07, 6.45) is 0. The molecule has 0 spiro atoms. The van der Waals surface area contributed by atoms with Crippen LogP contribution in [-0.2, 0) is 13.1 Å². The van der Waals surface area contributed by atoms with Gasteiger partial charge in [0.15, 0.2) is 5.96 Å². The van der Waals surface area contributed by atoms with Gasteiger partial charge in [0, 0.05) is 25.0 Å². The molecular weight excluding hydrogens is 300 g/mol. The van der Waals surface area contributed by atoms with Gasteiger partial charge >= 0.3 is 0 Å². The lowest BCUT2D eigenvalue weighted by atomic mass is 10.3. The fourth-order valence-electron chi connectivity index (χ4n) is 1.95. The molecular formula is C15H22N4S2. The Bertz CT molecular complexity index is 567. The Morgan fingerprint density at radius 1 is 1.43 bits per heavy atom. The summed E-state index contributed by atoms with van der Waals surface area (Å²) >= 11 is 3.45. The number of guanidine groups is 1. The van der Waals surface area contributed by atoms with Crippen molar-refractivity contribution in [2.45, 2.75) is 33.9 Å². The first-order valence-corrected chi connectivity index (χ1v) is 8.79. The van der Waals surface area contributed by atoms with E-state index in [0.717, 1.165) is 29.8 Å². The Labute approximate surface area is 134 Å². The van der Waals surface area contributed by atoms with Crippen molar-refractivity contribution in [2.24, 2.45) is 4.99 Å². The molecule has 1 N–H and O–H groups in total. The molecule has 0 aromatic carbocycles. The maximum Gasteiger partial charge on any atom is 0.194 e. The fourth-order valence-corrected chi connectivity index (χ4v) is 3.47. The highest BCUT2D eigenvalue weighted by Crippen LogP contribution is 2.17. The summed E-state index contributed by atoms with van der Waals surface area (Å²) in [7, 11) is 2.07. The number of aliphatic imine (C=N–C) groups is 1. The van der Waals surface area contributed by atoms with E-state index in [1.165, 1.54) is 10.4 Å². The Hall–Kier alpha value is -1.40. The topological polar surface area (TPSA) is 40.5 Å². The van der Waals surface area contributed by atoms with E-state index in [9.17, 15) is 0 Å². The second-order valence-electron chi connectivity index (χ2n) is 4.91. The third-order valence-corrected chi connectivity index (χ3v) is 4.92. The maximum atomic E-state index is 4.70. The Morgan fingerprint density at radius 2 is 2.24 bits per heavy atom. The number of aromatic nitrogens is 1. The number of hydrogen-bond donors (Lipinski definition) is 1. The molecule has 0 aliphatic rings. The maximum absolute atomic E-state index is 4.70. The van der Waals surface area contributed by atoms with Crippen LogP contribution in [0.5, 0.6) is 0 Å². The Balaban J connectivity index is 2.04. The smallest absolute Gasteiger partial charge is 0.194 e. The predicted molar refractivity (Wildman–Crippen MR) is 92.2 cm³/mol. The molecule has 2 aromatic rings. The normalized spacial score (nSPS) is 11.7. The molecule has 0 saturated carbocycles. The number of hydrogen-bond acceptors (Lipinski definition) is 4. The molecule has 2 heterocycles. The van der Waals surface area contributed by atoms with Crippen molar-refractivity contribution in [2.75, 3.05) is 13.6 Å². The molecule has 0 radical (unpaired) electrons. The van der Waals surface area contributed by atoms with E-state index in [1.807, 2.05) is 6.92 Å². The quantitative estimate of drug-likeness (QED) is 0.677. The van der Waals surface area contributed by atoms with Gasteiger partial charge in [-0.1, -0.05) is 0 Å². The van der Waals surface area contributed by atoms with Crippen LogP contribution in [0.3, 0.4) is 0 Å². The van der Waals surface area contributed by atoms with E-state index in [0.29, 0.717) is 6.54 Å². The van der Waals surface area contributed by atoms with E-state index < -0.39 is 0 Å². The van der Waals surface area contributed by atoms with Crippen LogP contribution < -0.4 is 5.32 Å². The molecule has 0 aliphatic carbocycles. The van der Waals surface area contributed by atoms with Crippen LogP contribution in [0.25, 0.3) is 0 Å². The van der Waals surface area contributed by atoms with Gasteiger partial charge in [0.2, 0.25) is 0 Å².